The predicted octanol–water partition coefficient (Wildman–Crippen LogP) is 7.48. The molecule has 1 fully saturated rings. The molecule has 1 saturated heterocycles. The lowest BCUT2D eigenvalue weighted by molar-refractivity contribution is -0.137. The largest absolute Gasteiger partial charge is 0.447 e. The molecule has 11 heteroatoms. The van der Waals surface area contributed by atoms with E-state index in [1.807, 2.05) is 37.5 Å². The third kappa shape index (κ3) is 7.03. The molecule has 2 aromatic rings. The molecule has 1 aromatic carbocycles. The molecule has 0 radical (unpaired) electrons. The average molecular weight is 592 g/mol. The lowest BCUT2D eigenvalue weighted by Gasteiger charge is -2.47. The second kappa shape index (κ2) is 12.0. The van der Waals surface area contributed by atoms with E-state index in [0.29, 0.717) is 41.7 Å². The van der Waals surface area contributed by atoms with Gasteiger partial charge in [-0.15, -0.1) is 0 Å². The lowest BCUT2D eigenvalue weighted by Crippen LogP contribution is -2.57. The summed E-state index contributed by atoms with van der Waals surface area (Å²) in [5.74, 6) is 0.402. The van der Waals surface area contributed by atoms with Crippen molar-refractivity contribution in [2.45, 2.75) is 90.3 Å². The van der Waals surface area contributed by atoms with Gasteiger partial charge < -0.3 is 14.5 Å². The number of anilines is 1. The van der Waals surface area contributed by atoms with Crippen LogP contribution in [-0.4, -0.2) is 45.2 Å². The Balaban J connectivity index is 1.98. The van der Waals surface area contributed by atoms with Crippen molar-refractivity contribution in [1.29, 1.82) is 0 Å². The molecular weight excluding hydrogens is 561 g/mol. The SMILES string of the molecule is CC[C@@H]1C[C@H](N(Cc2cc(Cl)cc(C(F)(F)F)c2)c2ncc(Br)cn2)C[C@H](CC)N1C(=O)OC(C)C. The number of carbonyl (C=O) groups excluding carboxylic acids is 1. The van der Waals surface area contributed by atoms with Gasteiger partial charge in [0.2, 0.25) is 5.95 Å². The Labute approximate surface area is 223 Å². The average Bonchev–Trinajstić information content (AvgIpc) is 2.81. The molecule has 0 N–H and O–H groups in total. The molecule has 0 bridgehead atoms. The van der Waals surface area contributed by atoms with Crippen molar-refractivity contribution in [3.63, 3.8) is 0 Å². The number of likely N-dealkylation sites (tertiary alicyclic amines) is 1. The normalized spacial score (nSPS) is 20.5. The topological polar surface area (TPSA) is 58.6 Å². The van der Waals surface area contributed by atoms with Crippen LogP contribution < -0.4 is 4.90 Å². The number of hydrogen-bond acceptors (Lipinski definition) is 5. The molecule has 0 saturated carbocycles. The number of ether oxygens (including phenoxy) is 1. The van der Waals surface area contributed by atoms with Crippen LogP contribution in [0, 0.1) is 0 Å². The van der Waals surface area contributed by atoms with Crippen LogP contribution in [0.5, 0.6) is 0 Å². The summed E-state index contributed by atoms with van der Waals surface area (Å²) in [6.07, 6.45) is 0.771. The molecule has 0 unspecified atom stereocenters. The van der Waals surface area contributed by atoms with Crippen molar-refractivity contribution >= 4 is 39.6 Å². The summed E-state index contributed by atoms with van der Waals surface area (Å²) in [5.41, 5.74) is -0.394. The van der Waals surface area contributed by atoms with Gasteiger partial charge in [-0.3, -0.25) is 0 Å². The first-order valence-electron chi connectivity index (χ1n) is 12.0. The van der Waals surface area contributed by atoms with Gasteiger partial charge in [-0.1, -0.05) is 25.4 Å². The quantitative estimate of drug-likeness (QED) is 0.334. The molecule has 36 heavy (non-hydrogen) atoms. The number of amides is 1. The van der Waals surface area contributed by atoms with Crippen LogP contribution in [0.2, 0.25) is 5.02 Å². The summed E-state index contributed by atoms with van der Waals surface area (Å²) in [5, 5.41) is 0.0145. The number of hydrogen-bond donors (Lipinski definition) is 0. The Kier molecular flexibility index (Phi) is 9.49. The van der Waals surface area contributed by atoms with Gasteiger partial charge in [-0.25, -0.2) is 14.8 Å². The van der Waals surface area contributed by atoms with E-state index in [9.17, 15) is 18.0 Å². The van der Waals surface area contributed by atoms with Crippen molar-refractivity contribution in [1.82, 2.24) is 14.9 Å². The monoisotopic (exact) mass is 590 g/mol. The van der Waals surface area contributed by atoms with Gasteiger partial charge in [0, 0.05) is 42.1 Å². The Morgan fingerprint density at radius 3 is 2.25 bits per heavy atom. The van der Waals surface area contributed by atoms with Gasteiger partial charge in [-0.2, -0.15) is 13.2 Å². The molecule has 3 atom stereocenters. The molecule has 1 aliphatic rings. The second-order valence-corrected chi connectivity index (χ2v) is 10.6. The smallest absolute Gasteiger partial charge is 0.416 e. The molecule has 1 aromatic heterocycles. The van der Waals surface area contributed by atoms with Gasteiger partial charge in [-0.05, 0) is 79.2 Å². The highest BCUT2D eigenvalue weighted by Gasteiger charge is 2.41. The van der Waals surface area contributed by atoms with E-state index in [1.54, 1.807) is 12.4 Å². The number of rotatable bonds is 7. The summed E-state index contributed by atoms with van der Waals surface area (Å²) < 4.78 is 46.6. The lowest BCUT2D eigenvalue weighted by atomic mass is 9.87. The zero-order valence-corrected chi connectivity index (χ0v) is 23.1. The van der Waals surface area contributed by atoms with Crippen molar-refractivity contribution in [2.75, 3.05) is 4.90 Å². The van der Waals surface area contributed by atoms with Crippen molar-refractivity contribution in [2.24, 2.45) is 0 Å². The van der Waals surface area contributed by atoms with E-state index in [1.165, 1.54) is 6.07 Å². The Bertz CT molecular complexity index is 1020. The van der Waals surface area contributed by atoms with Crippen LogP contribution in [0.15, 0.2) is 35.1 Å². The van der Waals surface area contributed by atoms with E-state index >= 15 is 0 Å². The fraction of sp³-hybridized carbons (Fsp3) is 0.560. The van der Waals surface area contributed by atoms with Crippen LogP contribution in [-0.2, 0) is 17.5 Å². The first-order chi connectivity index (χ1) is 16.9. The number of benzene rings is 1. The van der Waals surface area contributed by atoms with E-state index in [4.69, 9.17) is 16.3 Å². The standard InChI is InChI=1S/C25H31BrClF3N4O2/c1-5-20-10-22(11-21(6-2)34(20)24(35)36-15(3)4)33(23-31-12-18(26)13-32-23)14-16-7-17(25(28,29)30)9-19(27)8-16/h7-9,12-13,15,20-22H,5-6,10-11,14H2,1-4H3/t20-,21+,22+. The molecule has 0 spiro atoms. The van der Waals surface area contributed by atoms with Gasteiger partial charge in [0.25, 0.3) is 0 Å². The fourth-order valence-electron chi connectivity index (χ4n) is 4.71. The first kappa shape index (κ1) is 28.5. The van der Waals surface area contributed by atoms with Gasteiger partial charge >= 0.3 is 12.3 Å². The number of aromatic nitrogens is 2. The maximum Gasteiger partial charge on any atom is 0.416 e. The van der Waals surface area contributed by atoms with E-state index < -0.39 is 11.7 Å². The summed E-state index contributed by atoms with van der Waals surface area (Å²) in [6.45, 7) is 7.81. The number of alkyl halides is 3. The molecule has 6 nitrogen and oxygen atoms in total. The fourth-order valence-corrected chi connectivity index (χ4v) is 5.17. The summed E-state index contributed by atoms with van der Waals surface area (Å²) in [4.78, 5) is 25.6. The third-order valence-corrected chi connectivity index (χ3v) is 6.93. The number of halogens is 5. The highest BCUT2D eigenvalue weighted by atomic mass is 79.9. The second-order valence-electron chi connectivity index (χ2n) is 9.26. The molecule has 0 aliphatic carbocycles. The molecular formula is C25H31BrClF3N4O2. The minimum atomic E-state index is -4.51. The maximum atomic E-state index is 13.5. The van der Waals surface area contributed by atoms with E-state index in [-0.39, 0.29) is 41.9 Å². The molecule has 2 heterocycles. The Morgan fingerprint density at radius 1 is 1.17 bits per heavy atom. The van der Waals surface area contributed by atoms with Gasteiger partial charge in [0.15, 0.2) is 0 Å². The van der Waals surface area contributed by atoms with Crippen molar-refractivity contribution in [3.05, 3.63) is 51.2 Å². The minimum absolute atomic E-state index is 0.0145. The van der Waals surface area contributed by atoms with Crippen molar-refractivity contribution in [3.8, 4) is 0 Å². The number of carbonyl (C=O) groups is 1. The van der Waals surface area contributed by atoms with E-state index in [0.717, 1.165) is 12.1 Å². The van der Waals surface area contributed by atoms with Crippen LogP contribution in [0.4, 0.5) is 23.9 Å². The summed E-state index contributed by atoms with van der Waals surface area (Å²) in [7, 11) is 0. The zero-order valence-electron chi connectivity index (χ0n) is 20.7. The highest BCUT2D eigenvalue weighted by molar-refractivity contribution is 9.10. The zero-order chi connectivity index (χ0) is 26.6. The summed E-state index contributed by atoms with van der Waals surface area (Å²) in [6, 6.07) is 3.27. The number of piperidine rings is 1. The molecule has 3 rings (SSSR count). The Hall–Kier alpha value is -2.07. The van der Waals surface area contributed by atoms with Crippen LogP contribution in [0.1, 0.15) is 64.5 Å². The minimum Gasteiger partial charge on any atom is -0.447 e. The predicted molar refractivity (Wildman–Crippen MR) is 137 cm³/mol. The number of nitrogens with zero attached hydrogens (tertiary/aromatic N) is 4. The van der Waals surface area contributed by atoms with Crippen LogP contribution in [0.3, 0.4) is 0 Å². The molecule has 1 aliphatic heterocycles. The van der Waals surface area contributed by atoms with Crippen LogP contribution >= 0.6 is 27.5 Å². The van der Waals surface area contributed by atoms with Gasteiger partial charge in [0.1, 0.15) is 0 Å². The summed E-state index contributed by atoms with van der Waals surface area (Å²) >= 11 is 9.40. The van der Waals surface area contributed by atoms with Crippen LogP contribution in [0.25, 0.3) is 0 Å². The van der Waals surface area contributed by atoms with Crippen molar-refractivity contribution < 1.29 is 22.7 Å². The maximum absolute atomic E-state index is 13.5. The third-order valence-electron chi connectivity index (χ3n) is 6.31. The highest BCUT2D eigenvalue weighted by Crippen LogP contribution is 2.35. The molecule has 198 valence electrons. The van der Waals surface area contributed by atoms with Gasteiger partial charge in [0.05, 0.1) is 16.1 Å². The van der Waals surface area contributed by atoms with E-state index in [2.05, 4.69) is 25.9 Å². The Morgan fingerprint density at radius 2 is 1.75 bits per heavy atom. The first-order valence-corrected chi connectivity index (χ1v) is 13.2. The molecule has 1 amide bonds.